The Hall–Kier alpha value is -3.15. The molecule has 150 valence electrons. The Balaban J connectivity index is 1.34. The number of carbonyl (C=O) groups is 3. The molecule has 2 N–H and O–H groups in total. The predicted molar refractivity (Wildman–Crippen MR) is 109 cm³/mol. The lowest BCUT2D eigenvalue weighted by Crippen LogP contribution is -2.28. The molecule has 2 amide bonds. The van der Waals surface area contributed by atoms with Crippen molar-refractivity contribution in [1.82, 2.24) is 5.32 Å². The van der Waals surface area contributed by atoms with Crippen molar-refractivity contribution in [3.63, 3.8) is 0 Å². The first-order valence-corrected chi connectivity index (χ1v) is 10.1. The summed E-state index contributed by atoms with van der Waals surface area (Å²) in [7, 11) is 0. The lowest BCUT2D eigenvalue weighted by molar-refractivity contribution is -0.119. The highest BCUT2D eigenvalue weighted by Gasteiger charge is 2.25. The maximum Gasteiger partial charge on any atom is 0.338 e. The third-order valence-corrected chi connectivity index (χ3v) is 5.28. The van der Waals surface area contributed by atoms with Gasteiger partial charge in [0.15, 0.2) is 6.61 Å². The number of fused-ring (bicyclic) bond motifs is 1. The van der Waals surface area contributed by atoms with E-state index < -0.39 is 18.5 Å². The molecule has 4 rings (SSSR count). The second-order valence-corrected chi connectivity index (χ2v) is 7.61. The minimum absolute atomic E-state index is 0.213. The fraction of sp³-hybridized carbons (Fsp3) is 0.348. The van der Waals surface area contributed by atoms with Crippen molar-refractivity contribution in [2.45, 2.75) is 44.6 Å². The first kappa shape index (κ1) is 19.2. The van der Waals surface area contributed by atoms with Gasteiger partial charge in [-0.1, -0.05) is 18.2 Å². The first-order chi connectivity index (χ1) is 14.1. The molecular formula is C23H24N2O4. The standard InChI is InChI=1S/C23H24N2O4/c26-21(25-20-8-4-3-7-19(20)22(27)24-18-11-12-18)14-29-23(28)17-10-9-15-5-1-2-6-16(15)13-17/h3-4,7-10,13,18H,1-2,5-6,11-12,14H2,(H,24,27)(H,25,26). The molecule has 0 spiro atoms. The van der Waals surface area contributed by atoms with Crippen LogP contribution in [0, 0.1) is 0 Å². The number of rotatable bonds is 6. The van der Waals surface area contributed by atoms with Gasteiger partial charge in [0, 0.05) is 6.04 Å². The third-order valence-electron chi connectivity index (χ3n) is 5.28. The summed E-state index contributed by atoms with van der Waals surface area (Å²) in [6, 6.07) is 12.6. The molecular weight excluding hydrogens is 368 g/mol. The zero-order chi connectivity index (χ0) is 20.2. The quantitative estimate of drug-likeness (QED) is 0.739. The number of nitrogens with one attached hydrogen (secondary N) is 2. The van der Waals surface area contributed by atoms with Crippen molar-refractivity contribution in [2.75, 3.05) is 11.9 Å². The molecule has 6 nitrogen and oxygen atoms in total. The van der Waals surface area contributed by atoms with Gasteiger partial charge in [-0.25, -0.2) is 4.79 Å². The third kappa shape index (κ3) is 4.83. The minimum atomic E-state index is -0.520. The average Bonchev–Trinajstić information content (AvgIpc) is 3.56. The molecule has 2 aromatic carbocycles. The van der Waals surface area contributed by atoms with Gasteiger partial charge in [-0.15, -0.1) is 0 Å². The molecule has 29 heavy (non-hydrogen) atoms. The molecule has 0 heterocycles. The number of hydrogen-bond acceptors (Lipinski definition) is 4. The van der Waals surface area contributed by atoms with Crippen LogP contribution in [-0.2, 0) is 22.4 Å². The molecule has 2 aliphatic carbocycles. The first-order valence-electron chi connectivity index (χ1n) is 10.1. The molecule has 0 aliphatic heterocycles. The molecule has 6 heteroatoms. The molecule has 1 saturated carbocycles. The largest absolute Gasteiger partial charge is 0.452 e. The molecule has 0 unspecified atom stereocenters. The van der Waals surface area contributed by atoms with E-state index in [1.54, 1.807) is 30.3 Å². The fourth-order valence-corrected chi connectivity index (χ4v) is 3.54. The molecule has 2 aromatic rings. The van der Waals surface area contributed by atoms with E-state index in [0.29, 0.717) is 16.8 Å². The van der Waals surface area contributed by atoms with Crippen LogP contribution in [0.3, 0.4) is 0 Å². The van der Waals surface area contributed by atoms with Crippen LogP contribution >= 0.6 is 0 Å². The number of carbonyl (C=O) groups excluding carboxylic acids is 3. The van der Waals surface area contributed by atoms with Crippen molar-refractivity contribution in [3.8, 4) is 0 Å². The average molecular weight is 392 g/mol. The van der Waals surface area contributed by atoms with Crippen LogP contribution in [0.25, 0.3) is 0 Å². The SMILES string of the molecule is O=C(COC(=O)c1ccc2c(c1)CCCC2)Nc1ccccc1C(=O)NC1CC1. The van der Waals surface area contributed by atoms with E-state index in [1.165, 1.54) is 17.5 Å². The number of amides is 2. The lowest BCUT2D eigenvalue weighted by atomic mass is 9.90. The smallest absolute Gasteiger partial charge is 0.338 e. The monoisotopic (exact) mass is 392 g/mol. The topological polar surface area (TPSA) is 84.5 Å². The number of para-hydroxylation sites is 1. The summed E-state index contributed by atoms with van der Waals surface area (Å²) in [6.45, 7) is -0.408. The van der Waals surface area contributed by atoms with E-state index in [9.17, 15) is 14.4 Å². The summed E-state index contributed by atoms with van der Waals surface area (Å²) in [5.74, 6) is -1.22. The Morgan fingerprint density at radius 3 is 2.52 bits per heavy atom. The highest BCUT2D eigenvalue weighted by atomic mass is 16.5. The van der Waals surface area contributed by atoms with Crippen LogP contribution in [0.2, 0.25) is 0 Å². The van der Waals surface area contributed by atoms with Gasteiger partial charge >= 0.3 is 5.97 Å². The van der Waals surface area contributed by atoms with Gasteiger partial charge in [-0.3, -0.25) is 9.59 Å². The molecule has 0 bridgehead atoms. The number of anilines is 1. The number of hydrogen-bond donors (Lipinski definition) is 2. The minimum Gasteiger partial charge on any atom is -0.452 e. The highest BCUT2D eigenvalue weighted by molar-refractivity contribution is 6.04. The summed E-state index contributed by atoms with van der Waals surface area (Å²) in [5.41, 5.74) is 3.73. The maximum absolute atomic E-state index is 12.3. The van der Waals surface area contributed by atoms with Crippen LogP contribution in [0.4, 0.5) is 5.69 Å². The van der Waals surface area contributed by atoms with Gasteiger partial charge in [0.2, 0.25) is 0 Å². The Bertz CT molecular complexity index is 950. The van der Waals surface area contributed by atoms with E-state index in [4.69, 9.17) is 4.74 Å². The summed E-state index contributed by atoms with van der Waals surface area (Å²) < 4.78 is 5.18. The maximum atomic E-state index is 12.3. The number of aryl methyl sites for hydroxylation is 2. The summed E-state index contributed by atoms with van der Waals surface area (Å²) in [5, 5.41) is 5.57. The zero-order valence-corrected chi connectivity index (χ0v) is 16.2. The lowest BCUT2D eigenvalue weighted by Gasteiger charge is -2.16. The van der Waals surface area contributed by atoms with Crippen LogP contribution in [0.15, 0.2) is 42.5 Å². The van der Waals surface area contributed by atoms with E-state index in [-0.39, 0.29) is 11.9 Å². The van der Waals surface area contributed by atoms with Gasteiger partial charge in [0.25, 0.3) is 11.8 Å². The summed E-state index contributed by atoms with van der Waals surface area (Å²) >= 11 is 0. The molecule has 0 radical (unpaired) electrons. The normalized spacial score (nSPS) is 15.2. The fourth-order valence-electron chi connectivity index (χ4n) is 3.54. The highest BCUT2D eigenvalue weighted by Crippen LogP contribution is 2.23. The van der Waals surface area contributed by atoms with Crippen molar-refractivity contribution >= 4 is 23.5 Å². The summed E-state index contributed by atoms with van der Waals surface area (Å²) in [6.07, 6.45) is 6.29. The van der Waals surface area contributed by atoms with E-state index in [0.717, 1.165) is 32.1 Å². The van der Waals surface area contributed by atoms with Gasteiger partial charge in [-0.05, 0) is 73.9 Å². The molecule has 0 aromatic heterocycles. The second-order valence-electron chi connectivity index (χ2n) is 7.61. The van der Waals surface area contributed by atoms with Crippen molar-refractivity contribution in [2.24, 2.45) is 0 Å². The number of ether oxygens (including phenoxy) is 1. The van der Waals surface area contributed by atoms with Crippen molar-refractivity contribution < 1.29 is 19.1 Å². The molecule has 1 fully saturated rings. The van der Waals surface area contributed by atoms with Gasteiger partial charge in [0.1, 0.15) is 0 Å². The van der Waals surface area contributed by atoms with Crippen LogP contribution in [0.1, 0.15) is 57.5 Å². The van der Waals surface area contributed by atoms with E-state index in [2.05, 4.69) is 10.6 Å². The Labute approximate surface area is 169 Å². The van der Waals surface area contributed by atoms with Crippen LogP contribution < -0.4 is 10.6 Å². The summed E-state index contributed by atoms with van der Waals surface area (Å²) in [4.78, 5) is 36.9. The Morgan fingerprint density at radius 1 is 0.966 bits per heavy atom. The van der Waals surface area contributed by atoms with Crippen molar-refractivity contribution in [1.29, 1.82) is 0 Å². The number of esters is 1. The second kappa shape index (κ2) is 8.47. The molecule has 0 saturated heterocycles. The van der Waals surface area contributed by atoms with E-state index in [1.807, 2.05) is 12.1 Å². The predicted octanol–water partition coefficient (Wildman–Crippen LogP) is 3.25. The van der Waals surface area contributed by atoms with Gasteiger partial charge in [-0.2, -0.15) is 0 Å². The van der Waals surface area contributed by atoms with Crippen LogP contribution in [0.5, 0.6) is 0 Å². The Kier molecular flexibility index (Phi) is 5.60. The van der Waals surface area contributed by atoms with Gasteiger partial charge in [0.05, 0.1) is 16.8 Å². The zero-order valence-electron chi connectivity index (χ0n) is 16.2. The molecule has 0 atom stereocenters. The van der Waals surface area contributed by atoms with Gasteiger partial charge < -0.3 is 15.4 Å². The van der Waals surface area contributed by atoms with E-state index >= 15 is 0 Å². The molecule has 2 aliphatic rings. The number of benzene rings is 2. The Morgan fingerprint density at radius 2 is 1.72 bits per heavy atom. The van der Waals surface area contributed by atoms with Crippen molar-refractivity contribution in [3.05, 3.63) is 64.7 Å². The van der Waals surface area contributed by atoms with Crippen LogP contribution in [-0.4, -0.2) is 30.4 Å².